The van der Waals surface area contributed by atoms with Crippen LogP contribution >= 0.6 is 0 Å². The zero-order valence-corrected chi connectivity index (χ0v) is 23.4. The first kappa shape index (κ1) is 27.7. The molecule has 0 bridgehead atoms. The van der Waals surface area contributed by atoms with Crippen LogP contribution in [-0.4, -0.2) is 57.4 Å². The molecular weight excluding hydrogens is 530 g/mol. The highest BCUT2D eigenvalue weighted by atomic mass is 32.2. The lowest BCUT2D eigenvalue weighted by Crippen LogP contribution is -2.53. The number of amides is 2. The Labute approximate surface area is 234 Å². The number of carbonyl (C=O) groups is 2. The Balaban J connectivity index is 1.28. The van der Waals surface area contributed by atoms with Crippen molar-refractivity contribution in [2.24, 2.45) is 5.92 Å². The predicted molar refractivity (Wildman–Crippen MR) is 151 cm³/mol. The number of aryl methyl sites for hydroxylation is 1. The summed E-state index contributed by atoms with van der Waals surface area (Å²) in [5.74, 6) is -0.0603. The van der Waals surface area contributed by atoms with Crippen LogP contribution in [0.4, 0.5) is 5.69 Å². The Morgan fingerprint density at radius 3 is 2.42 bits per heavy atom. The highest BCUT2D eigenvalue weighted by Gasteiger charge is 2.39. The Hall–Kier alpha value is -3.89. The number of benzene rings is 3. The number of rotatable bonds is 7. The second kappa shape index (κ2) is 11.7. The van der Waals surface area contributed by atoms with E-state index in [-0.39, 0.29) is 42.3 Å². The molecule has 2 heterocycles. The lowest BCUT2D eigenvalue weighted by molar-refractivity contribution is -0.129. The molecule has 2 aliphatic heterocycles. The molecule has 40 heavy (non-hydrogen) atoms. The summed E-state index contributed by atoms with van der Waals surface area (Å²) in [6.07, 6.45) is -0.121. The maximum atomic E-state index is 13.8. The number of para-hydroxylation sites is 2. The number of methoxy groups -OCH3 is 1. The van der Waals surface area contributed by atoms with Crippen LogP contribution in [0, 0.1) is 12.8 Å². The van der Waals surface area contributed by atoms with Crippen molar-refractivity contribution in [2.75, 3.05) is 31.6 Å². The van der Waals surface area contributed by atoms with Crippen LogP contribution in [0.5, 0.6) is 11.5 Å². The molecule has 1 atom stereocenters. The minimum absolute atomic E-state index is 0.0788. The molecule has 0 saturated carbocycles. The van der Waals surface area contributed by atoms with Crippen LogP contribution in [0.15, 0.2) is 77.7 Å². The highest BCUT2D eigenvalue weighted by molar-refractivity contribution is 7.89. The Bertz CT molecular complexity index is 1490. The van der Waals surface area contributed by atoms with E-state index < -0.39 is 16.1 Å². The van der Waals surface area contributed by atoms with Gasteiger partial charge < -0.3 is 19.7 Å². The fourth-order valence-electron chi connectivity index (χ4n) is 5.17. The van der Waals surface area contributed by atoms with E-state index in [2.05, 4.69) is 5.32 Å². The van der Waals surface area contributed by atoms with Gasteiger partial charge in [-0.3, -0.25) is 9.59 Å². The van der Waals surface area contributed by atoms with Gasteiger partial charge in [0, 0.05) is 25.6 Å². The first-order valence-electron chi connectivity index (χ1n) is 13.3. The Morgan fingerprint density at radius 2 is 1.70 bits per heavy atom. The normalized spacial score (nSPS) is 17.9. The maximum Gasteiger partial charge on any atom is 0.263 e. The van der Waals surface area contributed by atoms with Crippen molar-refractivity contribution < 1.29 is 27.5 Å². The quantitative estimate of drug-likeness (QED) is 0.472. The molecule has 0 spiro atoms. The standard InChI is InChI=1S/C30H33N3O6S/c1-21-12-13-26(38-2)28(18-21)40(36,37)32-16-14-23(15-17-32)30(35)33-20-27(39-25-11-7-6-10-24(25)33)29(34)31-19-22-8-4-3-5-9-22/h3-13,18,23,27H,14-17,19-20H2,1-2H3,(H,31,34)/t27-/m0/s1. The first-order chi connectivity index (χ1) is 19.3. The van der Waals surface area contributed by atoms with Crippen molar-refractivity contribution in [3.63, 3.8) is 0 Å². The summed E-state index contributed by atoms with van der Waals surface area (Å²) < 4.78 is 39.6. The van der Waals surface area contributed by atoms with Crippen LogP contribution in [-0.2, 0) is 26.2 Å². The van der Waals surface area contributed by atoms with Crippen molar-refractivity contribution in [3.8, 4) is 11.5 Å². The van der Waals surface area contributed by atoms with Crippen molar-refractivity contribution in [1.29, 1.82) is 0 Å². The van der Waals surface area contributed by atoms with Crippen LogP contribution in [0.25, 0.3) is 0 Å². The highest BCUT2D eigenvalue weighted by Crippen LogP contribution is 2.36. The lowest BCUT2D eigenvalue weighted by atomic mass is 9.95. The van der Waals surface area contributed by atoms with E-state index in [0.717, 1.165) is 11.1 Å². The summed E-state index contributed by atoms with van der Waals surface area (Å²) >= 11 is 0. The van der Waals surface area contributed by atoms with Gasteiger partial charge in [-0.1, -0.05) is 48.5 Å². The van der Waals surface area contributed by atoms with Crippen molar-refractivity contribution >= 4 is 27.5 Å². The number of hydrogen-bond donors (Lipinski definition) is 1. The zero-order chi connectivity index (χ0) is 28.3. The van der Waals surface area contributed by atoms with Crippen molar-refractivity contribution in [2.45, 2.75) is 37.3 Å². The van der Waals surface area contributed by atoms with E-state index in [4.69, 9.17) is 9.47 Å². The van der Waals surface area contributed by atoms with E-state index in [9.17, 15) is 18.0 Å². The summed E-state index contributed by atoms with van der Waals surface area (Å²) in [6.45, 7) is 2.69. The lowest BCUT2D eigenvalue weighted by Gasteiger charge is -2.38. The van der Waals surface area contributed by atoms with Crippen LogP contribution in [0.3, 0.4) is 0 Å². The second-order valence-electron chi connectivity index (χ2n) is 10.1. The number of nitrogens with one attached hydrogen (secondary N) is 1. The molecule has 5 rings (SSSR count). The molecule has 0 unspecified atom stereocenters. The van der Waals surface area contributed by atoms with Gasteiger partial charge in [0.1, 0.15) is 16.4 Å². The Kier molecular flexibility index (Phi) is 8.09. The third-order valence-corrected chi connectivity index (χ3v) is 9.30. The minimum atomic E-state index is -3.79. The third-order valence-electron chi connectivity index (χ3n) is 7.38. The molecule has 2 amide bonds. The maximum absolute atomic E-state index is 13.8. The van der Waals surface area contributed by atoms with Crippen LogP contribution in [0.1, 0.15) is 24.0 Å². The average molecular weight is 564 g/mol. The van der Waals surface area contributed by atoms with Crippen molar-refractivity contribution in [3.05, 3.63) is 83.9 Å². The van der Waals surface area contributed by atoms with E-state index in [1.165, 1.54) is 11.4 Å². The molecule has 3 aromatic rings. The monoisotopic (exact) mass is 563 g/mol. The number of sulfonamides is 1. The van der Waals surface area contributed by atoms with Gasteiger partial charge in [-0.2, -0.15) is 4.31 Å². The van der Waals surface area contributed by atoms with E-state index in [0.29, 0.717) is 36.6 Å². The summed E-state index contributed by atoms with van der Waals surface area (Å²) in [7, 11) is -2.34. The van der Waals surface area contributed by atoms with Gasteiger partial charge >= 0.3 is 0 Å². The third kappa shape index (κ3) is 5.68. The van der Waals surface area contributed by atoms with Gasteiger partial charge in [0.25, 0.3) is 5.91 Å². The number of anilines is 1. The van der Waals surface area contributed by atoms with Crippen LogP contribution in [0.2, 0.25) is 0 Å². The molecule has 9 nitrogen and oxygen atoms in total. The minimum Gasteiger partial charge on any atom is -0.495 e. The zero-order valence-electron chi connectivity index (χ0n) is 22.6. The van der Waals surface area contributed by atoms with Gasteiger partial charge in [0.05, 0.1) is 19.3 Å². The molecule has 1 N–H and O–H groups in total. The molecule has 3 aromatic carbocycles. The molecule has 1 saturated heterocycles. The summed E-state index contributed by atoms with van der Waals surface area (Å²) in [4.78, 5) is 28.6. The van der Waals surface area contributed by atoms with E-state index in [1.54, 1.807) is 41.3 Å². The number of piperidine rings is 1. The molecule has 210 valence electrons. The van der Waals surface area contributed by atoms with Crippen LogP contribution < -0.4 is 19.7 Å². The van der Waals surface area contributed by atoms with Gasteiger partial charge in [0.2, 0.25) is 15.9 Å². The van der Waals surface area contributed by atoms with Gasteiger partial charge in [-0.15, -0.1) is 0 Å². The smallest absolute Gasteiger partial charge is 0.263 e. The number of ether oxygens (including phenoxy) is 2. The average Bonchev–Trinajstić information content (AvgIpc) is 2.99. The van der Waals surface area contributed by atoms with Gasteiger partial charge in [-0.25, -0.2) is 8.42 Å². The SMILES string of the molecule is COc1ccc(C)cc1S(=O)(=O)N1CCC(C(=O)N2C[C@@H](C(=O)NCc3ccccc3)Oc3ccccc32)CC1. The molecule has 0 aromatic heterocycles. The first-order valence-corrected chi connectivity index (χ1v) is 14.8. The topological polar surface area (TPSA) is 105 Å². The predicted octanol–water partition coefficient (Wildman–Crippen LogP) is 3.51. The fourth-order valence-corrected chi connectivity index (χ4v) is 6.88. The molecule has 1 fully saturated rings. The number of hydrogen-bond acceptors (Lipinski definition) is 6. The summed E-state index contributed by atoms with van der Waals surface area (Å²) in [5.41, 5.74) is 2.39. The largest absolute Gasteiger partial charge is 0.495 e. The Morgan fingerprint density at radius 1 is 1.00 bits per heavy atom. The van der Waals surface area contributed by atoms with E-state index in [1.807, 2.05) is 43.3 Å². The van der Waals surface area contributed by atoms with Gasteiger partial charge in [0.15, 0.2) is 6.10 Å². The van der Waals surface area contributed by atoms with E-state index >= 15 is 0 Å². The van der Waals surface area contributed by atoms with Crippen molar-refractivity contribution in [1.82, 2.24) is 9.62 Å². The molecular formula is C30H33N3O6S. The van der Waals surface area contributed by atoms with Gasteiger partial charge in [-0.05, 0) is 55.2 Å². The number of carbonyl (C=O) groups excluding carboxylic acids is 2. The molecule has 10 heteroatoms. The summed E-state index contributed by atoms with van der Waals surface area (Å²) in [5, 5.41) is 2.90. The molecule has 0 radical (unpaired) electrons. The molecule has 0 aliphatic carbocycles. The summed E-state index contributed by atoms with van der Waals surface area (Å²) in [6, 6.07) is 21.8. The molecule has 2 aliphatic rings. The number of nitrogens with zero attached hydrogens (tertiary/aromatic N) is 2. The number of fused-ring (bicyclic) bond motifs is 1. The fraction of sp³-hybridized carbons (Fsp3) is 0.333. The second-order valence-corrected chi connectivity index (χ2v) is 12.0.